The number of ether oxygens (including phenoxy) is 1. The number of hydrogen-bond donors (Lipinski definition) is 0. The summed E-state index contributed by atoms with van der Waals surface area (Å²) in [5.41, 5.74) is 0. The van der Waals surface area contributed by atoms with E-state index in [0.29, 0.717) is 11.8 Å². The number of aromatic nitrogens is 4. The molecular weight excluding hydrogens is 350 g/mol. The Morgan fingerprint density at radius 1 is 1.00 bits per heavy atom. The number of rotatable bonds is 3. The molecule has 1 atom stereocenters. The van der Waals surface area contributed by atoms with E-state index in [0.717, 1.165) is 61.2 Å². The lowest BCUT2D eigenvalue weighted by molar-refractivity contribution is -0.142. The number of fused-ring (bicyclic) bond motifs is 1. The first kappa shape index (κ1) is 16.6. The summed E-state index contributed by atoms with van der Waals surface area (Å²) in [4.78, 5) is 15.4. The van der Waals surface area contributed by atoms with Gasteiger partial charge in [-0.1, -0.05) is 24.2 Å². The lowest BCUT2D eigenvalue weighted by Crippen LogP contribution is -2.43. The molecule has 4 heterocycles. The van der Waals surface area contributed by atoms with Crippen LogP contribution in [0.15, 0.2) is 0 Å². The van der Waals surface area contributed by atoms with Gasteiger partial charge in [0.1, 0.15) is 11.1 Å². The monoisotopic (exact) mass is 375 g/mol. The van der Waals surface area contributed by atoms with E-state index in [2.05, 4.69) is 10.2 Å². The van der Waals surface area contributed by atoms with Crippen molar-refractivity contribution in [1.82, 2.24) is 24.7 Å². The maximum absolute atomic E-state index is 12.5. The number of nitrogens with zero attached hydrogens (tertiary/aromatic N) is 5. The Labute approximate surface area is 156 Å². The van der Waals surface area contributed by atoms with Crippen molar-refractivity contribution >= 4 is 22.2 Å². The van der Waals surface area contributed by atoms with E-state index >= 15 is 0 Å². The van der Waals surface area contributed by atoms with E-state index in [-0.39, 0.29) is 12.0 Å². The number of amides is 1. The number of likely N-dealkylation sites (tertiary alicyclic amines) is 1. The van der Waals surface area contributed by atoms with Crippen LogP contribution in [-0.4, -0.2) is 56.4 Å². The minimum absolute atomic E-state index is 0.183. The molecule has 0 spiro atoms. The average molecular weight is 375 g/mol. The fraction of sp³-hybridized carbons (Fsp3) is 0.778. The van der Waals surface area contributed by atoms with Gasteiger partial charge in [-0.05, 0) is 38.5 Å². The zero-order chi connectivity index (χ0) is 17.5. The molecular formula is C18H25N5O2S. The molecule has 5 rings (SSSR count). The van der Waals surface area contributed by atoms with Crippen molar-refractivity contribution in [3.63, 3.8) is 0 Å². The quantitative estimate of drug-likeness (QED) is 0.825. The average Bonchev–Trinajstić information content (AvgIpc) is 3.45. The second kappa shape index (κ2) is 6.88. The minimum Gasteiger partial charge on any atom is -0.368 e. The van der Waals surface area contributed by atoms with Gasteiger partial charge in [-0.15, -0.1) is 10.2 Å². The third kappa shape index (κ3) is 2.93. The summed E-state index contributed by atoms with van der Waals surface area (Å²) in [6.07, 6.45) is 8.61. The van der Waals surface area contributed by atoms with Crippen LogP contribution in [-0.2, 0) is 9.53 Å². The van der Waals surface area contributed by atoms with E-state index < -0.39 is 0 Å². The van der Waals surface area contributed by atoms with E-state index in [4.69, 9.17) is 9.84 Å². The summed E-state index contributed by atoms with van der Waals surface area (Å²) in [7, 11) is 0. The van der Waals surface area contributed by atoms with E-state index in [1.165, 1.54) is 25.7 Å². The molecule has 3 fully saturated rings. The Morgan fingerprint density at radius 3 is 2.54 bits per heavy atom. The molecule has 3 aliphatic rings. The molecule has 26 heavy (non-hydrogen) atoms. The fourth-order valence-electron chi connectivity index (χ4n) is 4.57. The molecule has 0 radical (unpaired) electrons. The van der Waals surface area contributed by atoms with Crippen molar-refractivity contribution in [3.8, 4) is 0 Å². The summed E-state index contributed by atoms with van der Waals surface area (Å²) < 4.78 is 7.54. The van der Waals surface area contributed by atoms with Gasteiger partial charge >= 0.3 is 0 Å². The summed E-state index contributed by atoms with van der Waals surface area (Å²) in [5, 5.41) is 14.8. The van der Waals surface area contributed by atoms with E-state index in [1.807, 2.05) is 9.42 Å². The van der Waals surface area contributed by atoms with Crippen LogP contribution in [0.2, 0.25) is 0 Å². The first-order valence-electron chi connectivity index (χ1n) is 9.92. The highest BCUT2D eigenvalue weighted by Gasteiger charge is 2.32. The normalized spacial score (nSPS) is 25.5. The second-order valence-electron chi connectivity index (χ2n) is 7.78. The van der Waals surface area contributed by atoms with E-state index in [1.54, 1.807) is 11.3 Å². The molecule has 1 unspecified atom stereocenters. The molecule has 7 nitrogen and oxygen atoms in total. The first-order valence-corrected chi connectivity index (χ1v) is 10.7. The minimum atomic E-state index is -0.199. The molecule has 1 aliphatic carbocycles. The van der Waals surface area contributed by atoms with Crippen LogP contribution in [0, 0.1) is 0 Å². The van der Waals surface area contributed by atoms with Gasteiger partial charge in [0.25, 0.3) is 5.91 Å². The third-order valence-corrected chi connectivity index (χ3v) is 7.17. The molecule has 2 saturated heterocycles. The molecule has 8 heteroatoms. The van der Waals surface area contributed by atoms with Crippen molar-refractivity contribution in [1.29, 1.82) is 0 Å². The topological polar surface area (TPSA) is 72.6 Å². The largest absolute Gasteiger partial charge is 0.368 e. The maximum Gasteiger partial charge on any atom is 0.251 e. The van der Waals surface area contributed by atoms with Gasteiger partial charge in [-0.25, -0.2) is 0 Å². The van der Waals surface area contributed by atoms with Gasteiger partial charge < -0.3 is 9.64 Å². The van der Waals surface area contributed by atoms with Crippen molar-refractivity contribution in [2.45, 2.75) is 69.3 Å². The maximum atomic E-state index is 12.5. The zero-order valence-electron chi connectivity index (χ0n) is 15.0. The molecule has 0 N–H and O–H groups in total. The Kier molecular flexibility index (Phi) is 4.40. The summed E-state index contributed by atoms with van der Waals surface area (Å²) in [6.45, 7) is 2.33. The van der Waals surface area contributed by atoms with E-state index in [9.17, 15) is 4.79 Å². The van der Waals surface area contributed by atoms with Gasteiger partial charge in [0.05, 0.1) is 0 Å². The first-order chi connectivity index (χ1) is 12.8. The highest BCUT2D eigenvalue weighted by Crippen LogP contribution is 2.36. The lowest BCUT2D eigenvalue weighted by atomic mass is 9.97. The SMILES string of the molecule is O=C(C1CCCO1)N1CCC(c2nn3c(C4CCCC4)nnc3s2)CC1. The zero-order valence-corrected chi connectivity index (χ0v) is 15.8. The number of carbonyl (C=O) groups excluding carboxylic acids is 1. The van der Waals surface area contributed by atoms with Crippen LogP contribution >= 0.6 is 11.3 Å². The third-order valence-electron chi connectivity index (χ3n) is 6.11. The number of hydrogen-bond acceptors (Lipinski definition) is 6. The fourth-order valence-corrected chi connectivity index (χ4v) is 5.59. The van der Waals surface area contributed by atoms with Crippen molar-refractivity contribution in [3.05, 3.63) is 10.8 Å². The van der Waals surface area contributed by atoms with Gasteiger partial charge in [0.15, 0.2) is 5.82 Å². The molecule has 2 aliphatic heterocycles. The molecule has 0 aromatic carbocycles. The van der Waals surface area contributed by atoms with Gasteiger partial charge in [-0.2, -0.15) is 9.61 Å². The van der Waals surface area contributed by atoms with Gasteiger partial charge in [0, 0.05) is 31.5 Å². The predicted molar refractivity (Wildman–Crippen MR) is 97.4 cm³/mol. The van der Waals surface area contributed by atoms with Gasteiger partial charge in [0.2, 0.25) is 4.96 Å². The second-order valence-corrected chi connectivity index (χ2v) is 8.76. The Morgan fingerprint density at radius 2 is 1.81 bits per heavy atom. The summed E-state index contributed by atoms with van der Waals surface area (Å²) in [6, 6.07) is 0. The van der Waals surface area contributed by atoms with Crippen LogP contribution in [0.5, 0.6) is 0 Å². The number of carbonyl (C=O) groups is 1. The highest BCUT2D eigenvalue weighted by atomic mass is 32.1. The predicted octanol–water partition coefficient (Wildman–Crippen LogP) is 2.73. The molecule has 2 aromatic rings. The molecule has 1 saturated carbocycles. The molecule has 1 amide bonds. The van der Waals surface area contributed by atoms with Crippen LogP contribution in [0.1, 0.15) is 74.0 Å². The lowest BCUT2D eigenvalue weighted by Gasteiger charge is -2.32. The van der Waals surface area contributed by atoms with Crippen LogP contribution in [0.25, 0.3) is 4.96 Å². The van der Waals surface area contributed by atoms with Crippen LogP contribution < -0.4 is 0 Å². The van der Waals surface area contributed by atoms with Crippen molar-refractivity contribution in [2.24, 2.45) is 0 Å². The highest BCUT2D eigenvalue weighted by molar-refractivity contribution is 7.16. The van der Waals surface area contributed by atoms with Crippen molar-refractivity contribution in [2.75, 3.05) is 19.7 Å². The Balaban J connectivity index is 1.27. The van der Waals surface area contributed by atoms with Crippen LogP contribution in [0.3, 0.4) is 0 Å². The summed E-state index contributed by atoms with van der Waals surface area (Å²) >= 11 is 1.67. The smallest absolute Gasteiger partial charge is 0.251 e. The van der Waals surface area contributed by atoms with Crippen LogP contribution in [0.4, 0.5) is 0 Å². The van der Waals surface area contributed by atoms with Gasteiger partial charge in [-0.3, -0.25) is 4.79 Å². The Bertz CT molecular complexity index is 783. The molecule has 0 bridgehead atoms. The standard InChI is InChI=1S/C18H25N5O2S/c24-17(14-6-3-11-25-14)22-9-7-13(8-10-22)16-21-23-15(12-4-1-2-5-12)19-20-18(23)26-16/h12-14H,1-11H2. The Hall–Kier alpha value is -1.54. The summed E-state index contributed by atoms with van der Waals surface area (Å²) in [5.74, 6) is 2.17. The number of piperidine rings is 1. The molecule has 140 valence electrons. The van der Waals surface area contributed by atoms with Crippen molar-refractivity contribution < 1.29 is 9.53 Å². The molecule has 2 aromatic heterocycles.